The molecule has 0 heterocycles. The topological polar surface area (TPSA) is 92.7 Å². The van der Waals surface area contributed by atoms with Crippen molar-refractivity contribution in [1.82, 2.24) is 0 Å². The number of carbonyl (C=O) groups is 1. The quantitative estimate of drug-likeness (QED) is 0.532. The summed E-state index contributed by atoms with van der Waals surface area (Å²) in [7, 11) is 5.90. The van der Waals surface area contributed by atoms with Gasteiger partial charge in [0.25, 0.3) is 0 Å². The molecule has 0 saturated heterocycles. The fourth-order valence-corrected chi connectivity index (χ4v) is 3.24. The molecule has 8 nitrogen and oxygen atoms in total. The molecular formula is C24H30O8. The van der Waals surface area contributed by atoms with Gasteiger partial charge in [-0.3, -0.25) is 4.79 Å². The van der Waals surface area contributed by atoms with Crippen LogP contribution in [0.15, 0.2) is 30.3 Å². The van der Waals surface area contributed by atoms with Crippen molar-refractivity contribution in [2.75, 3.05) is 28.4 Å². The van der Waals surface area contributed by atoms with Crippen molar-refractivity contribution in [3.05, 3.63) is 41.5 Å². The first kappa shape index (κ1) is 24.7. The average molecular weight is 446 g/mol. The first-order valence-corrected chi connectivity index (χ1v) is 9.96. The van der Waals surface area contributed by atoms with E-state index in [1.807, 2.05) is 31.2 Å². The van der Waals surface area contributed by atoms with Crippen LogP contribution in [0.4, 0.5) is 0 Å². The monoisotopic (exact) mass is 446 g/mol. The number of aromatic hydroxyl groups is 1. The summed E-state index contributed by atoms with van der Waals surface area (Å²) in [6.45, 7) is 4.97. The average Bonchev–Trinajstić information content (AvgIpc) is 2.78. The summed E-state index contributed by atoms with van der Waals surface area (Å²) in [6.07, 6.45) is 2.29. The van der Waals surface area contributed by atoms with E-state index in [0.717, 1.165) is 5.56 Å². The van der Waals surface area contributed by atoms with Crippen LogP contribution in [0.1, 0.15) is 38.0 Å². The van der Waals surface area contributed by atoms with Crippen molar-refractivity contribution in [3.63, 3.8) is 0 Å². The number of methoxy groups -OCH3 is 4. The lowest BCUT2D eigenvalue weighted by atomic mass is 10.0. The molecule has 0 spiro atoms. The third kappa shape index (κ3) is 5.57. The summed E-state index contributed by atoms with van der Waals surface area (Å²) in [6, 6.07) is 6.76. The van der Waals surface area contributed by atoms with Crippen molar-refractivity contribution in [2.24, 2.45) is 0 Å². The molecule has 0 radical (unpaired) electrons. The Balaban J connectivity index is 2.52. The summed E-state index contributed by atoms with van der Waals surface area (Å²) in [4.78, 5) is 11.9. The molecule has 0 aliphatic rings. The highest BCUT2D eigenvalue weighted by Crippen LogP contribution is 2.43. The predicted octanol–water partition coefficient (Wildman–Crippen LogP) is 4.53. The van der Waals surface area contributed by atoms with Gasteiger partial charge in [0.15, 0.2) is 29.1 Å². The van der Waals surface area contributed by atoms with E-state index in [4.69, 9.17) is 28.4 Å². The Kier molecular flexibility index (Phi) is 8.63. The number of rotatable bonds is 10. The molecule has 0 bridgehead atoms. The molecule has 2 aromatic carbocycles. The van der Waals surface area contributed by atoms with Crippen molar-refractivity contribution < 1.29 is 38.3 Å². The highest BCUT2D eigenvalue weighted by Gasteiger charge is 2.29. The van der Waals surface area contributed by atoms with Crippen molar-refractivity contribution >= 4 is 12.0 Å². The Morgan fingerprint density at radius 3 is 1.81 bits per heavy atom. The fourth-order valence-electron chi connectivity index (χ4n) is 3.24. The van der Waals surface area contributed by atoms with Gasteiger partial charge in [0.1, 0.15) is 6.10 Å². The lowest BCUT2D eigenvalue weighted by molar-refractivity contribution is -0.151. The Morgan fingerprint density at radius 1 is 0.906 bits per heavy atom. The first-order chi connectivity index (χ1) is 15.3. The Hall–Kier alpha value is -3.55. The van der Waals surface area contributed by atoms with Gasteiger partial charge in [-0.15, -0.1) is 0 Å². The zero-order chi connectivity index (χ0) is 23.8. The number of esters is 1. The molecule has 0 fully saturated rings. The SMILES string of the molecule is C/C=C/c1cc(OC)c(O[C@@H](C)[C@H](OC(C)=O)c2cc(OC)c(O)c(OC)c2)c(OC)c1. The molecule has 2 aromatic rings. The molecule has 0 saturated carbocycles. The minimum Gasteiger partial charge on any atom is -0.502 e. The van der Waals surface area contributed by atoms with Crippen LogP contribution in [-0.4, -0.2) is 45.6 Å². The van der Waals surface area contributed by atoms with Gasteiger partial charge in [-0.25, -0.2) is 0 Å². The van der Waals surface area contributed by atoms with Gasteiger partial charge in [-0.1, -0.05) is 12.2 Å². The van der Waals surface area contributed by atoms with Crippen LogP contribution < -0.4 is 23.7 Å². The third-order valence-electron chi connectivity index (χ3n) is 4.70. The van der Waals surface area contributed by atoms with Gasteiger partial charge in [0, 0.05) is 12.5 Å². The molecule has 174 valence electrons. The number of hydrogen-bond donors (Lipinski definition) is 1. The van der Waals surface area contributed by atoms with Crippen LogP contribution in [0.5, 0.6) is 34.5 Å². The summed E-state index contributed by atoms with van der Waals surface area (Å²) < 4.78 is 33.2. The van der Waals surface area contributed by atoms with Crippen LogP contribution in [0.25, 0.3) is 6.08 Å². The van der Waals surface area contributed by atoms with Gasteiger partial charge in [-0.05, 0) is 43.7 Å². The van der Waals surface area contributed by atoms with E-state index in [0.29, 0.717) is 22.8 Å². The van der Waals surface area contributed by atoms with Gasteiger partial charge >= 0.3 is 5.97 Å². The third-order valence-corrected chi connectivity index (χ3v) is 4.70. The zero-order valence-electron chi connectivity index (χ0n) is 19.4. The lowest BCUT2D eigenvalue weighted by Gasteiger charge is -2.27. The van der Waals surface area contributed by atoms with Gasteiger partial charge in [0.05, 0.1) is 28.4 Å². The van der Waals surface area contributed by atoms with Crippen LogP contribution in [0.3, 0.4) is 0 Å². The smallest absolute Gasteiger partial charge is 0.303 e. The maximum atomic E-state index is 11.9. The van der Waals surface area contributed by atoms with Crippen molar-refractivity contribution in [2.45, 2.75) is 33.0 Å². The number of ether oxygens (including phenoxy) is 6. The van der Waals surface area contributed by atoms with Crippen LogP contribution in [0, 0.1) is 0 Å². The van der Waals surface area contributed by atoms with E-state index in [2.05, 4.69) is 0 Å². The molecule has 0 aliphatic carbocycles. The highest BCUT2D eigenvalue weighted by molar-refractivity contribution is 5.67. The minimum absolute atomic E-state index is 0.156. The second kappa shape index (κ2) is 11.2. The Labute approximate surface area is 188 Å². The van der Waals surface area contributed by atoms with Crippen molar-refractivity contribution in [3.8, 4) is 34.5 Å². The fraction of sp³-hybridized carbons (Fsp3) is 0.375. The number of hydrogen-bond acceptors (Lipinski definition) is 8. The lowest BCUT2D eigenvalue weighted by Crippen LogP contribution is -2.26. The highest BCUT2D eigenvalue weighted by atomic mass is 16.6. The maximum absolute atomic E-state index is 11.9. The first-order valence-electron chi connectivity index (χ1n) is 9.96. The number of phenols is 1. The molecule has 8 heteroatoms. The summed E-state index contributed by atoms with van der Waals surface area (Å²) >= 11 is 0. The summed E-state index contributed by atoms with van der Waals surface area (Å²) in [5.74, 6) is 0.990. The van der Waals surface area contributed by atoms with Gasteiger partial charge < -0.3 is 33.5 Å². The van der Waals surface area contributed by atoms with E-state index in [1.54, 1.807) is 19.1 Å². The normalized spacial score (nSPS) is 12.7. The molecule has 0 aromatic heterocycles. The van der Waals surface area contributed by atoms with Gasteiger partial charge in [-0.2, -0.15) is 0 Å². The Bertz CT molecular complexity index is 916. The van der Waals surface area contributed by atoms with E-state index < -0.39 is 18.2 Å². The summed E-state index contributed by atoms with van der Waals surface area (Å²) in [5, 5.41) is 10.2. The zero-order valence-corrected chi connectivity index (χ0v) is 19.4. The number of benzene rings is 2. The number of phenolic OH excluding ortho intramolecular Hbond substituents is 1. The Morgan fingerprint density at radius 2 is 1.41 bits per heavy atom. The number of allylic oxidation sites excluding steroid dienone is 1. The second-order valence-electron chi connectivity index (χ2n) is 6.88. The van der Waals surface area contributed by atoms with Crippen LogP contribution >= 0.6 is 0 Å². The standard InChI is InChI=1S/C24H30O8/c1-8-9-16-10-20(29-6)24(21(11-16)30-7)31-14(2)23(32-15(3)25)17-12-18(27-4)22(26)19(13-17)28-5/h8-14,23,26H,1-7H3/b9-8+/t14-,23-/m0/s1. The molecule has 32 heavy (non-hydrogen) atoms. The van der Waals surface area contributed by atoms with Gasteiger partial charge in [0.2, 0.25) is 11.5 Å². The van der Waals surface area contributed by atoms with Crippen molar-refractivity contribution in [1.29, 1.82) is 0 Å². The second-order valence-corrected chi connectivity index (χ2v) is 6.88. The van der Waals surface area contributed by atoms with E-state index in [1.165, 1.54) is 35.4 Å². The van der Waals surface area contributed by atoms with Crippen LogP contribution in [0.2, 0.25) is 0 Å². The maximum Gasteiger partial charge on any atom is 0.303 e. The number of carbonyl (C=O) groups excluding carboxylic acids is 1. The molecule has 0 aliphatic heterocycles. The molecule has 1 N–H and O–H groups in total. The van der Waals surface area contributed by atoms with E-state index in [-0.39, 0.29) is 17.2 Å². The minimum atomic E-state index is -0.847. The van der Waals surface area contributed by atoms with E-state index in [9.17, 15) is 9.90 Å². The molecule has 0 amide bonds. The molecule has 2 atom stereocenters. The predicted molar refractivity (Wildman–Crippen MR) is 120 cm³/mol. The largest absolute Gasteiger partial charge is 0.502 e. The molecule has 2 rings (SSSR count). The van der Waals surface area contributed by atoms with Crippen LogP contribution in [-0.2, 0) is 9.53 Å². The molecule has 0 unspecified atom stereocenters. The molecular weight excluding hydrogens is 416 g/mol. The van der Waals surface area contributed by atoms with E-state index >= 15 is 0 Å². The summed E-state index contributed by atoms with van der Waals surface area (Å²) in [5.41, 5.74) is 1.40.